The van der Waals surface area contributed by atoms with Crippen LogP contribution in [0.3, 0.4) is 0 Å². The van der Waals surface area contributed by atoms with Gasteiger partial charge in [0.2, 0.25) is 0 Å². The van der Waals surface area contributed by atoms with Crippen molar-refractivity contribution in [2.75, 3.05) is 30.4 Å². The van der Waals surface area contributed by atoms with E-state index < -0.39 is 0 Å². The van der Waals surface area contributed by atoms with Crippen molar-refractivity contribution in [2.24, 2.45) is 5.10 Å². The zero-order valence-corrected chi connectivity index (χ0v) is 16.9. The standard InChI is InChI=1S/C21H22N6OS/c1-28-20-10-6-18(7-11-20)25-21(29)26-24-16-17-4-8-19(9-5-17)27(14-2-12-22)15-3-13-23/h4-11,16H,2-3,14-15H2,1H3,(H2,25,26,29)/b24-16-. The SMILES string of the molecule is COc1ccc(NC(=S)N/N=C\c2ccc(N(CCC#N)CCC#N)cc2)cc1. The third-order valence-electron chi connectivity index (χ3n) is 3.97. The second-order valence-corrected chi connectivity index (χ2v) is 6.36. The van der Waals surface area contributed by atoms with Gasteiger partial charge in [0.15, 0.2) is 5.11 Å². The smallest absolute Gasteiger partial charge is 0.191 e. The van der Waals surface area contributed by atoms with Gasteiger partial charge in [0.1, 0.15) is 5.75 Å². The molecule has 0 atom stereocenters. The van der Waals surface area contributed by atoms with Crippen LogP contribution in [0.25, 0.3) is 0 Å². The predicted molar refractivity (Wildman–Crippen MR) is 119 cm³/mol. The summed E-state index contributed by atoms with van der Waals surface area (Å²) in [7, 11) is 1.62. The minimum absolute atomic E-state index is 0.377. The maximum absolute atomic E-state index is 8.80. The van der Waals surface area contributed by atoms with E-state index in [1.165, 1.54) is 0 Å². The Morgan fingerprint density at radius 2 is 1.69 bits per heavy atom. The van der Waals surface area contributed by atoms with E-state index in [9.17, 15) is 0 Å². The maximum atomic E-state index is 8.80. The molecule has 7 nitrogen and oxygen atoms in total. The van der Waals surface area contributed by atoms with Crippen LogP contribution in [0.4, 0.5) is 11.4 Å². The van der Waals surface area contributed by atoms with Crippen molar-refractivity contribution >= 4 is 34.9 Å². The lowest BCUT2D eigenvalue weighted by Crippen LogP contribution is -2.25. The molecule has 148 valence electrons. The van der Waals surface area contributed by atoms with E-state index in [0.717, 1.165) is 22.7 Å². The first kappa shape index (κ1) is 21.7. The molecule has 2 aromatic carbocycles. The highest BCUT2D eigenvalue weighted by molar-refractivity contribution is 7.80. The first-order valence-electron chi connectivity index (χ1n) is 8.99. The topological polar surface area (TPSA) is 96.5 Å². The fourth-order valence-electron chi connectivity index (χ4n) is 2.51. The molecule has 0 aliphatic carbocycles. The van der Waals surface area contributed by atoms with Crippen molar-refractivity contribution in [1.29, 1.82) is 10.5 Å². The quantitative estimate of drug-likeness (QED) is 0.373. The fourth-order valence-corrected chi connectivity index (χ4v) is 2.68. The maximum Gasteiger partial charge on any atom is 0.191 e. The first-order chi connectivity index (χ1) is 14.2. The van der Waals surface area contributed by atoms with Gasteiger partial charge in [-0.3, -0.25) is 5.43 Å². The van der Waals surface area contributed by atoms with E-state index in [-0.39, 0.29) is 0 Å². The highest BCUT2D eigenvalue weighted by atomic mass is 32.1. The number of hydrazone groups is 1. The summed E-state index contributed by atoms with van der Waals surface area (Å²) >= 11 is 5.22. The molecule has 0 radical (unpaired) electrons. The van der Waals surface area contributed by atoms with Crippen molar-refractivity contribution in [3.8, 4) is 17.9 Å². The van der Waals surface area contributed by atoms with Crippen LogP contribution in [0.2, 0.25) is 0 Å². The molecule has 2 N–H and O–H groups in total. The van der Waals surface area contributed by atoms with Crippen LogP contribution in [0, 0.1) is 22.7 Å². The van der Waals surface area contributed by atoms with E-state index in [2.05, 4.69) is 28.0 Å². The summed E-state index contributed by atoms with van der Waals surface area (Å²) in [4.78, 5) is 2.03. The molecule has 2 rings (SSSR count). The highest BCUT2D eigenvalue weighted by Crippen LogP contribution is 2.16. The van der Waals surface area contributed by atoms with Crippen LogP contribution in [0.5, 0.6) is 5.75 Å². The molecule has 8 heteroatoms. The van der Waals surface area contributed by atoms with Gasteiger partial charge in [0.05, 0.1) is 38.3 Å². The Bertz CT molecular complexity index is 879. The Morgan fingerprint density at radius 3 is 2.24 bits per heavy atom. The largest absolute Gasteiger partial charge is 0.497 e. The number of anilines is 2. The van der Waals surface area contributed by atoms with Gasteiger partial charge in [0.25, 0.3) is 0 Å². The van der Waals surface area contributed by atoms with Crippen LogP contribution in [0.15, 0.2) is 53.6 Å². The summed E-state index contributed by atoms with van der Waals surface area (Å²) in [6.07, 6.45) is 2.50. The van der Waals surface area contributed by atoms with Crippen LogP contribution in [-0.4, -0.2) is 31.5 Å². The Balaban J connectivity index is 1.88. The number of rotatable bonds is 9. The normalized spacial score (nSPS) is 10.0. The second kappa shape index (κ2) is 12.0. The van der Waals surface area contributed by atoms with E-state index >= 15 is 0 Å². The van der Waals surface area contributed by atoms with E-state index in [4.69, 9.17) is 27.5 Å². The van der Waals surface area contributed by atoms with E-state index in [1.54, 1.807) is 13.3 Å². The Morgan fingerprint density at radius 1 is 1.07 bits per heavy atom. The number of nitrogens with zero attached hydrogens (tertiary/aromatic N) is 4. The molecule has 0 unspecified atom stereocenters. The van der Waals surface area contributed by atoms with Crippen LogP contribution < -0.4 is 20.4 Å². The number of methoxy groups -OCH3 is 1. The second-order valence-electron chi connectivity index (χ2n) is 5.95. The summed E-state index contributed by atoms with van der Waals surface area (Å²) in [5, 5.41) is 25.2. The van der Waals surface area contributed by atoms with Gasteiger partial charge in [-0.1, -0.05) is 12.1 Å². The third-order valence-corrected chi connectivity index (χ3v) is 4.17. The van der Waals surface area contributed by atoms with Gasteiger partial charge in [-0.25, -0.2) is 0 Å². The van der Waals surface area contributed by atoms with Crippen LogP contribution >= 0.6 is 12.2 Å². The molecule has 0 saturated heterocycles. The third kappa shape index (κ3) is 7.49. The summed E-state index contributed by atoms with van der Waals surface area (Å²) < 4.78 is 5.12. The number of nitriles is 2. The van der Waals surface area contributed by atoms with Gasteiger partial charge in [-0.2, -0.15) is 15.6 Å². The summed E-state index contributed by atoms with van der Waals surface area (Å²) in [6, 6.07) is 19.4. The van der Waals surface area contributed by atoms with Gasteiger partial charge < -0.3 is 15.0 Å². The summed E-state index contributed by atoms with van der Waals surface area (Å²) in [6.45, 7) is 1.19. The molecule has 0 aliphatic heterocycles. The number of hydrogen-bond acceptors (Lipinski definition) is 6. The average molecular weight is 407 g/mol. The molecule has 2 aromatic rings. The number of benzene rings is 2. The molecule has 0 spiro atoms. The van der Waals surface area contributed by atoms with Crippen LogP contribution in [-0.2, 0) is 0 Å². The lowest BCUT2D eigenvalue weighted by Gasteiger charge is -2.22. The molecule has 0 aromatic heterocycles. The number of hydrogen-bond donors (Lipinski definition) is 2. The summed E-state index contributed by atoms with van der Waals surface area (Å²) in [5.74, 6) is 0.773. The molecular formula is C21H22N6OS. The van der Waals surface area contributed by atoms with E-state index in [0.29, 0.717) is 31.0 Å². The average Bonchev–Trinajstić information content (AvgIpc) is 2.75. The van der Waals surface area contributed by atoms with Crippen LogP contribution in [0.1, 0.15) is 18.4 Å². The van der Waals surface area contributed by atoms with Gasteiger partial charge in [-0.15, -0.1) is 0 Å². The first-order valence-corrected chi connectivity index (χ1v) is 9.40. The molecule has 0 saturated carbocycles. The highest BCUT2D eigenvalue weighted by Gasteiger charge is 2.05. The predicted octanol–water partition coefficient (Wildman–Crippen LogP) is 3.65. The van der Waals surface area contributed by atoms with Gasteiger partial charge in [0, 0.05) is 24.5 Å². The molecular weight excluding hydrogens is 384 g/mol. The van der Waals surface area contributed by atoms with Crippen molar-refractivity contribution in [3.63, 3.8) is 0 Å². The van der Waals surface area contributed by atoms with E-state index in [1.807, 2.05) is 53.4 Å². The minimum Gasteiger partial charge on any atom is -0.497 e. The molecule has 0 bridgehead atoms. The Labute approximate surface area is 176 Å². The molecule has 29 heavy (non-hydrogen) atoms. The number of nitrogens with one attached hydrogen (secondary N) is 2. The molecule has 0 aliphatic rings. The van der Waals surface area contributed by atoms with Crippen molar-refractivity contribution in [2.45, 2.75) is 12.8 Å². The lowest BCUT2D eigenvalue weighted by atomic mass is 10.2. The molecule has 0 fully saturated rings. The van der Waals surface area contributed by atoms with Crippen molar-refractivity contribution < 1.29 is 4.74 Å². The van der Waals surface area contributed by atoms with Crippen molar-refractivity contribution in [3.05, 3.63) is 54.1 Å². The Kier molecular flexibility index (Phi) is 8.94. The van der Waals surface area contributed by atoms with Gasteiger partial charge in [-0.05, 0) is 54.2 Å². The summed E-state index contributed by atoms with van der Waals surface area (Å²) in [5.41, 5.74) is 5.48. The fraction of sp³-hybridized carbons (Fsp3) is 0.238. The lowest BCUT2D eigenvalue weighted by molar-refractivity contribution is 0.415. The molecule has 0 heterocycles. The minimum atomic E-state index is 0.377. The Hall–Kier alpha value is -3.62. The van der Waals surface area contributed by atoms with Crippen molar-refractivity contribution in [1.82, 2.24) is 5.43 Å². The zero-order chi connectivity index (χ0) is 20.9. The molecule has 0 amide bonds. The van der Waals surface area contributed by atoms with Gasteiger partial charge >= 0.3 is 0 Å². The monoisotopic (exact) mass is 406 g/mol. The number of thiocarbonyl (C=S) groups is 1. The number of ether oxygens (including phenoxy) is 1. The zero-order valence-electron chi connectivity index (χ0n) is 16.1.